The van der Waals surface area contributed by atoms with Crippen LogP contribution in [0.1, 0.15) is 27.3 Å². The van der Waals surface area contributed by atoms with Gasteiger partial charge in [-0.15, -0.1) is 0 Å². The first kappa shape index (κ1) is 21.2. The molecule has 0 saturated carbocycles. The molecule has 168 valence electrons. The lowest BCUT2D eigenvalue weighted by Gasteiger charge is -2.06. The lowest BCUT2D eigenvalue weighted by molar-refractivity contribution is 0.0950. The third kappa shape index (κ3) is 4.59. The number of rotatable bonds is 7. The molecule has 34 heavy (non-hydrogen) atoms. The fraction of sp³-hybridized carbons (Fsp3) is 0.0741. The molecule has 0 atom stereocenters. The van der Waals surface area contributed by atoms with E-state index in [4.69, 9.17) is 4.74 Å². The number of nitrogens with zero attached hydrogens (tertiary/aromatic N) is 2. The number of hydrogen-bond donors (Lipinski definition) is 3. The Balaban J connectivity index is 1.21. The number of fused-ring (bicyclic) bond motifs is 1. The maximum Gasteiger partial charge on any atom is 0.289 e. The molecule has 0 fully saturated rings. The van der Waals surface area contributed by atoms with Gasteiger partial charge in [-0.25, -0.2) is 5.43 Å². The van der Waals surface area contributed by atoms with Gasteiger partial charge in [-0.2, -0.15) is 10.2 Å². The third-order valence-corrected chi connectivity index (χ3v) is 5.52. The second kappa shape index (κ2) is 9.46. The molecule has 2 aromatic heterocycles. The summed E-state index contributed by atoms with van der Waals surface area (Å²) in [7, 11) is 0. The highest BCUT2D eigenvalue weighted by molar-refractivity contribution is 6.01. The van der Waals surface area contributed by atoms with Crippen LogP contribution in [-0.2, 0) is 6.61 Å². The number of benzene rings is 3. The van der Waals surface area contributed by atoms with Crippen LogP contribution in [0.3, 0.4) is 0 Å². The fourth-order valence-corrected chi connectivity index (χ4v) is 3.73. The quantitative estimate of drug-likeness (QED) is 0.235. The molecule has 0 saturated heterocycles. The standard InChI is InChI=1S/C27H23N5O2/c1-18-23(22-9-5-6-10-24(22)29-18)16-28-32-27(33)26-15-25(30-31-26)20-11-13-21(14-12-20)34-17-19-7-3-2-4-8-19/h2-16,29H,17H2,1H3,(H,30,31)(H,32,33)/b28-16+. The molecular formula is C27H23N5O2. The van der Waals surface area contributed by atoms with Crippen LogP contribution in [0.15, 0.2) is 90.0 Å². The van der Waals surface area contributed by atoms with Gasteiger partial charge in [0.2, 0.25) is 0 Å². The molecule has 0 bridgehead atoms. The average Bonchev–Trinajstić information content (AvgIpc) is 3.49. The van der Waals surface area contributed by atoms with Crippen LogP contribution in [0.4, 0.5) is 0 Å². The molecule has 0 aliphatic heterocycles. The Morgan fingerprint density at radius 3 is 2.62 bits per heavy atom. The number of aryl methyl sites for hydroxylation is 1. The number of para-hydroxylation sites is 1. The Kier molecular flexibility index (Phi) is 5.90. The number of carbonyl (C=O) groups excluding carboxylic acids is 1. The fourth-order valence-electron chi connectivity index (χ4n) is 3.73. The highest BCUT2D eigenvalue weighted by Crippen LogP contribution is 2.22. The van der Waals surface area contributed by atoms with Crippen LogP contribution < -0.4 is 10.2 Å². The van der Waals surface area contributed by atoms with E-state index >= 15 is 0 Å². The van der Waals surface area contributed by atoms with Crippen molar-refractivity contribution in [3.8, 4) is 17.0 Å². The van der Waals surface area contributed by atoms with Crippen molar-refractivity contribution in [2.24, 2.45) is 5.10 Å². The second-order valence-electron chi connectivity index (χ2n) is 7.87. The van der Waals surface area contributed by atoms with E-state index < -0.39 is 0 Å². The molecule has 0 spiro atoms. The first-order valence-electron chi connectivity index (χ1n) is 10.9. The average molecular weight is 450 g/mol. The number of H-pyrrole nitrogens is 2. The van der Waals surface area contributed by atoms with Gasteiger partial charge >= 0.3 is 0 Å². The number of hydrazone groups is 1. The van der Waals surface area contributed by atoms with Crippen molar-refractivity contribution in [3.63, 3.8) is 0 Å². The van der Waals surface area contributed by atoms with Crippen molar-refractivity contribution >= 4 is 23.0 Å². The molecule has 3 aromatic carbocycles. The smallest absolute Gasteiger partial charge is 0.289 e. The molecule has 0 aliphatic rings. The van der Waals surface area contributed by atoms with Crippen molar-refractivity contribution in [2.45, 2.75) is 13.5 Å². The lowest BCUT2D eigenvalue weighted by atomic mass is 10.1. The Morgan fingerprint density at radius 2 is 1.79 bits per heavy atom. The Bertz CT molecular complexity index is 1450. The van der Waals surface area contributed by atoms with Gasteiger partial charge in [0.1, 0.15) is 18.1 Å². The van der Waals surface area contributed by atoms with Crippen molar-refractivity contribution in [1.29, 1.82) is 0 Å². The van der Waals surface area contributed by atoms with E-state index in [1.165, 1.54) is 0 Å². The maximum atomic E-state index is 12.5. The summed E-state index contributed by atoms with van der Waals surface area (Å²) in [5, 5.41) is 12.2. The van der Waals surface area contributed by atoms with E-state index in [0.29, 0.717) is 18.0 Å². The Labute approximate surface area is 196 Å². The largest absolute Gasteiger partial charge is 0.489 e. The zero-order valence-electron chi connectivity index (χ0n) is 18.6. The van der Waals surface area contributed by atoms with Crippen LogP contribution in [0.25, 0.3) is 22.2 Å². The highest BCUT2D eigenvalue weighted by atomic mass is 16.5. The van der Waals surface area contributed by atoms with E-state index in [-0.39, 0.29) is 5.91 Å². The van der Waals surface area contributed by atoms with Crippen LogP contribution in [0.2, 0.25) is 0 Å². The number of nitrogens with one attached hydrogen (secondary N) is 3. The van der Waals surface area contributed by atoms with E-state index in [1.54, 1.807) is 12.3 Å². The number of aromatic nitrogens is 3. The second-order valence-corrected chi connectivity index (χ2v) is 7.87. The number of ether oxygens (including phenoxy) is 1. The summed E-state index contributed by atoms with van der Waals surface area (Å²) in [5.41, 5.74) is 8.49. The summed E-state index contributed by atoms with van der Waals surface area (Å²) in [6.07, 6.45) is 1.65. The third-order valence-electron chi connectivity index (χ3n) is 5.52. The monoisotopic (exact) mass is 449 g/mol. The highest BCUT2D eigenvalue weighted by Gasteiger charge is 2.11. The summed E-state index contributed by atoms with van der Waals surface area (Å²) < 4.78 is 5.83. The van der Waals surface area contributed by atoms with Crippen molar-refractivity contribution < 1.29 is 9.53 Å². The van der Waals surface area contributed by atoms with Crippen molar-refractivity contribution in [1.82, 2.24) is 20.6 Å². The van der Waals surface area contributed by atoms with E-state index in [9.17, 15) is 4.79 Å². The number of aromatic amines is 2. The van der Waals surface area contributed by atoms with Crippen molar-refractivity contribution in [2.75, 3.05) is 0 Å². The zero-order chi connectivity index (χ0) is 23.3. The summed E-state index contributed by atoms with van der Waals surface area (Å²) in [6, 6.07) is 27.3. The van der Waals surface area contributed by atoms with Gasteiger partial charge in [-0.1, -0.05) is 48.5 Å². The molecule has 0 aliphatic carbocycles. The van der Waals surface area contributed by atoms with Gasteiger partial charge in [0.15, 0.2) is 0 Å². The molecule has 7 heteroatoms. The minimum absolute atomic E-state index is 0.326. The van der Waals surface area contributed by atoms with E-state index in [2.05, 4.69) is 25.7 Å². The number of hydrogen-bond acceptors (Lipinski definition) is 4. The Hall–Kier alpha value is -4.65. The minimum Gasteiger partial charge on any atom is -0.489 e. The predicted molar refractivity (Wildman–Crippen MR) is 133 cm³/mol. The number of amides is 1. The van der Waals surface area contributed by atoms with Crippen LogP contribution in [0, 0.1) is 6.92 Å². The van der Waals surface area contributed by atoms with Gasteiger partial charge in [-0.05, 0) is 48.9 Å². The number of carbonyl (C=O) groups is 1. The first-order chi connectivity index (χ1) is 16.7. The Morgan fingerprint density at radius 1 is 1.03 bits per heavy atom. The minimum atomic E-state index is -0.365. The molecule has 1 amide bonds. The normalized spacial score (nSPS) is 11.2. The first-order valence-corrected chi connectivity index (χ1v) is 10.9. The van der Waals surface area contributed by atoms with E-state index in [1.807, 2.05) is 85.8 Å². The summed E-state index contributed by atoms with van der Waals surface area (Å²) in [4.78, 5) is 15.8. The lowest BCUT2D eigenvalue weighted by Crippen LogP contribution is -2.18. The van der Waals surface area contributed by atoms with Crippen LogP contribution in [-0.4, -0.2) is 27.3 Å². The maximum absolute atomic E-state index is 12.5. The topological polar surface area (TPSA) is 95.2 Å². The van der Waals surface area contributed by atoms with Crippen LogP contribution >= 0.6 is 0 Å². The molecule has 3 N–H and O–H groups in total. The molecule has 0 radical (unpaired) electrons. The van der Waals surface area contributed by atoms with Gasteiger partial charge in [0, 0.05) is 27.7 Å². The molecule has 5 rings (SSSR count). The summed E-state index contributed by atoms with van der Waals surface area (Å²) >= 11 is 0. The van der Waals surface area contributed by atoms with E-state index in [0.717, 1.165) is 39.0 Å². The summed E-state index contributed by atoms with van der Waals surface area (Å²) in [6.45, 7) is 2.48. The molecule has 7 nitrogen and oxygen atoms in total. The molecule has 0 unspecified atom stereocenters. The predicted octanol–water partition coefficient (Wildman–Crippen LogP) is 5.21. The van der Waals surface area contributed by atoms with Gasteiger partial charge < -0.3 is 9.72 Å². The van der Waals surface area contributed by atoms with Gasteiger partial charge in [0.05, 0.1) is 11.9 Å². The zero-order valence-corrected chi connectivity index (χ0v) is 18.6. The van der Waals surface area contributed by atoms with Crippen LogP contribution in [0.5, 0.6) is 5.75 Å². The SMILES string of the molecule is Cc1[nH]c2ccccc2c1/C=N/NC(=O)c1cc(-c2ccc(OCc3ccccc3)cc2)n[nH]1. The summed E-state index contributed by atoms with van der Waals surface area (Å²) in [5.74, 6) is 0.401. The molecular weight excluding hydrogens is 426 g/mol. The molecule has 5 aromatic rings. The van der Waals surface area contributed by atoms with Gasteiger partial charge in [0.25, 0.3) is 5.91 Å². The molecule has 2 heterocycles. The van der Waals surface area contributed by atoms with Gasteiger partial charge in [-0.3, -0.25) is 9.89 Å². The van der Waals surface area contributed by atoms with Crippen molar-refractivity contribution in [3.05, 3.63) is 107 Å².